The number of rotatable bonds is 4. The van der Waals surface area contributed by atoms with Gasteiger partial charge in [-0.3, -0.25) is 4.79 Å². The molecule has 0 aliphatic carbocycles. The number of hydrogen-bond donors (Lipinski definition) is 0. The van der Waals surface area contributed by atoms with Crippen molar-refractivity contribution in [2.45, 2.75) is 32.4 Å². The summed E-state index contributed by atoms with van der Waals surface area (Å²) in [6.07, 6.45) is -1.92. The number of benzene rings is 1. The van der Waals surface area contributed by atoms with Crippen molar-refractivity contribution >= 4 is 17.7 Å². The average molecular weight is 433 g/mol. The predicted molar refractivity (Wildman–Crippen MR) is 112 cm³/mol. The van der Waals surface area contributed by atoms with Gasteiger partial charge in [0.15, 0.2) is 0 Å². The second-order valence-electron chi connectivity index (χ2n) is 8.10. The molecule has 0 unspecified atom stereocenters. The Labute approximate surface area is 179 Å². The molecule has 1 aromatic carbocycles. The number of aromatic nitrogens is 2. The first kappa shape index (κ1) is 21.4. The van der Waals surface area contributed by atoms with Crippen LogP contribution in [0.15, 0.2) is 30.3 Å². The van der Waals surface area contributed by atoms with Crippen molar-refractivity contribution < 1.29 is 18.0 Å². The van der Waals surface area contributed by atoms with Crippen LogP contribution in [0.4, 0.5) is 24.9 Å². The van der Waals surface area contributed by atoms with Gasteiger partial charge in [-0.25, -0.2) is 4.98 Å². The summed E-state index contributed by atoms with van der Waals surface area (Å²) in [5.74, 6) is 1.57. The van der Waals surface area contributed by atoms with E-state index in [9.17, 15) is 18.0 Å². The smallest absolute Gasteiger partial charge is 0.356 e. The monoisotopic (exact) mass is 433 g/mol. The Hall–Kier alpha value is -2.84. The summed E-state index contributed by atoms with van der Waals surface area (Å²) in [5, 5.41) is 0. The molecule has 1 aromatic heterocycles. The van der Waals surface area contributed by atoms with Crippen LogP contribution in [0.5, 0.6) is 0 Å². The number of hydrogen-bond acceptors (Lipinski definition) is 5. The topological polar surface area (TPSA) is 52.6 Å². The van der Waals surface area contributed by atoms with E-state index in [4.69, 9.17) is 4.98 Å². The molecule has 0 radical (unpaired) electrons. The largest absolute Gasteiger partial charge is 0.416 e. The van der Waals surface area contributed by atoms with Crippen molar-refractivity contribution in [1.29, 1.82) is 0 Å². The molecule has 2 fully saturated rings. The second kappa shape index (κ2) is 8.72. The predicted octanol–water partition coefficient (Wildman–Crippen LogP) is 3.30. The summed E-state index contributed by atoms with van der Waals surface area (Å²) >= 11 is 0. The van der Waals surface area contributed by atoms with Crippen LogP contribution >= 0.6 is 0 Å². The molecule has 0 N–H and O–H groups in total. The molecule has 0 atom stereocenters. The highest BCUT2D eigenvalue weighted by Crippen LogP contribution is 2.29. The fraction of sp³-hybridized carbons (Fsp3) is 0.500. The molecule has 3 heterocycles. The Morgan fingerprint density at radius 3 is 2.19 bits per heavy atom. The second-order valence-corrected chi connectivity index (χ2v) is 8.10. The van der Waals surface area contributed by atoms with Crippen LogP contribution in [0, 0.1) is 6.92 Å². The summed E-state index contributed by atoms with van der Waals surface area (Å²) in [5.41, 5.74) is 0.800. The zero-order valence-electron chi connectivity index (χ0n) is 17.5. The maximum atomic E-state index is 12.7. The van der Waals surface area contributed by atoms with Crippen LogP contribution in [-0.4, -0.2) is 60.0 Å². The van der Waals surface area contributed by atoms with Crippen LogP contribution in [0.1, 0.15) is 29.7 Å². The molecule has 166 valence electrons. The molecule has 0 spiro atoms. The maximum absolute atomic E-state index is 12.7. The Morgan fingerprint density at radius 1 is 0.935 bits per heavy atom. The summed E-state index contributed by atoms with van der Waals surface area (Å²) in [7, 11) is 0. The highest BCUT2D eigenvalue weighted by molar-refractivity contribution is 5.79. The molecular formula is C22H26F3N5O. The van der Waals surface area contributed by atoms with E-state index in [1.54, 1.807) is 4.90 Å². The van der Waals surface area contributed by atoms with Crippen molar-refractivity contribution in [3.05, 3.63) is 47.2 Å². The number of aryl methyl sites for hydroxylation is 1. The summed E-state index contributed by atoms with van der Waals surface area (Å²) in [4.78, 5) is 28.1. The van der Waals surface area contributed by atoms with Crippen molar-refractivity contribution in [2.75, 3.05) is 49.1 Å². The van der Waals surface area contributed by atoms with Gasteiger partial charge in [-0.15, -0.1) is 0 Å². The molecule has 31 heavy (non-hydrogen) atoms. The number of amides is 1. The molecule has 2 saturated heterocycles. The van der Waals surface area contributed by atoms with Gasteiger partial charge in [0.2, 0.25) is 11.9 Å². The van der Waals surface area contributed by atoms with Crippen LogP contribution < -0.4 is 9.80 Å². The standard InChI is InChI=1S/C22H26F3N5O/c1-16-14-19(28-8-2-3-9-28)27-21(26-16)30-12-10-29(11-13-30)20(31)15-17-4-6-18(7-5-17)22(23,24)25/h4-7,14H,2-3,8-13,15H2,1H3. The van der Waals surface area contributed by atoms with Gasteiger partial charge in [0.25, 0.3) is 0 Å². The third-order valence-electron chi connectivity index (χ3n) is 5.81. The lowest BCUT2D eigenvalue weighted by atomic mass is 10.1. The Bertz CT molecular complexity index is 918. The molecule has 2 aromatic rings. The number of carbonyl (C=O) groups excluding carboxylic acids is 1. The fourth-order valence-corrected chi connectivity index (χ4v) is 4.04. The van der Waals surface area contributed by atoms with Gasteiger partial charge in [-0.2, -0.15) is 18.2 Å². The molecule has 4 rings (SSSR count). The SMILES string of the molecule is Cc1cc(N2CCCC2)nc(N2CCN(C(=O)Cc3ccc(C(F)(F)F)cc3)CC2)n1. The van der Waals surface area contributed by atoms with Gasteiger partial charge in [-0.05, 0) is 37.5 Å². The van der Waals surface area contributed by atoms with Crippen molar-refractivity contribution in [2.24, 2.45) is 0 Å². The summed E-state index contributed by atoms with van der Waals surface area (Å²) in [6, 6.07) is 6.80. The molecular weight excluding hydrogens is 407 g/mol. The fourth-order valence-electron chi connectivity index (χ4n) is 4.04. The molecule has 2 aliphatic rings. The van der Waals surface area contributed by atoms with Crippen LogP contribution in [0.3, 0.4) is 0 Å². The molecule has 2 aliphatic heterocycles. The highest BCUT2D eigenvalue weighted by atomic mass is 19.4. The van der Waals surface area contributed by atoms with Crippen molar-refractivity contribution in [1.82, 2.24) is 14.9 Å². The van der Waals surface area contributed by atoms with E-state index in [-0.39, 0.29) is 12.3 Å². The van der Waals surface area contributed by atoms with E-state index in [0.29, 0.717) is 37.7 Å². The Balaban J connectivity index is 1.35. The van der Waals surface area contributed by atoms with Gasteiger partial charge in [-0.1, -0.05) is 12.1 Å². The van der Waals surface area contributed by atoms with Gasteiger partial charge in [0, 0.05) is 51.0 Å². The van der Waals surface area contributed by atoms with E-state index in [1.807, 2.05) is 13.0 Å². The molecule has 9 heteroatoms. The van der Waals surface area contributed by atoms with Crippen LogP contribution in [-0.2, 0) is 17.4 Å². The maximum Gasteiger partial charge on any atom is 0.416 e. The normalized spacial score (nSPS) is 17.4. The first-order valence-electron chi connectivity index (χ1n) is 10.6. The molecule has 1 amide bonds. The molecule has 0 bridgehead atoms. The van der Waals surface area contributed by atoms with E-state index >= 15 is 0 Å². The van der Waals surface area contributed by atoms with Crippen molar-refractivity contribution in [3.8, 4) is 0 Å². The number of piperazine rings is 1. The van der Waals surface area contributed by atoms with Gasteiger partial charge < -0.3 is 14.7 Å². The Morgan fingerprint density at radius 2 is 1.58 bits per heavy atom. The number of nitrogens with zero attached hydrogens (tertiary/aromatic N) is 5. The summed E-state index contributed by atoms with van der Waals surface area (Å²) in [6.45, 7) is 6.33. The Kier molecular flexibility index (Phi) is 6.02. The number of halogens is 3. The average Bonchev–Trinajstić information content (AvgIpc) is 3.28. The minimum Gasteiger partial charge on any atom is -0.356 e. The number of alkyl halides is 3. The van der Waals surface area contributed by atoms with E-state index in [1.165, 1.54) is 25.0 Å². The highest BCUT2D eigenvalue weighted by Gasteiger charge is 2.30. The minimum atomic E-state index is -4.37. The minimum absolute atomic E-state index is 0.0812. The first-order chi connectivity index (χ1) is 14.8. The third kappa shape index (κ3) is 5.08. The van der Waals surface area contributed by atoms with Gasteiger partial charge in [0.05, 0.1) is 12.0 Å². The lowest BCUT2D eigenvalue weighted by Gasteiger charge is -2.35. The van der Waals surface area contributed by atoms with E-state index in [2.05, 4.69) is 14.8 Å². The van der Waals surface area contributed by atoms with Gasteiger partial charge >= 0.3 is 6.18 Å². The summed E-state index contributed by atoms with van der Waals surface area (Å²) < 4.78 is 38.1. The molecule has 0 saturated carbocycles. The first-order valence-corrected chi connectivity index (χ1v) is 10.6. The van der Waals surface area contributed by atoms with E-state index < -0.39 is 11.7 Å². The zero-order valence-corrected chi connectivity index (χ0v) is 17.5. The van der Waals surface area contributed by atoms with Gasteiger partial charge in [0.1, 0.15) is 5.82 Å². The van der Waals surface area contributed by atoms with Crippen LogP contribution in [0.25, 0.3) is 0 Å². The molecule has 6 nitrogen and oxygen atoms in total. The lowest BCUT2D eigenvalue weighted by Crippen LogP contribution is -2.49. The number of anilines is 2. The van der Waals surface area contributed by atoms with Crippen molar-refractivity contribution in [3.63, 3.8) is 0 Å². The number of carbonyl (C=O) groups is 1. The zero-order chi connectivity index (χ0) is 22.0. The third-order valence-corrected chi connectivity index (χ3v) is 5.81. The quantitative estimate of drug-likeness (QED) is 0.741. The van der Waals surface area contributed by atoms with E-state index in [0.717, 1.165) is 36.7 Å². The lowest BCUT2D eigenvalue weighted by molar-refractivity contribution is -0.137. The van der Waals surface area contributed by atoms with Crippen LogP contribution in [0.2, 0.25) is 0 Å².